The summed E-state index contributed by atoms with van der Waals surface area (Å²) < 4.78 is 0. The van der Waals surface area contributed by atoms with Gasteiger partial charge < -0.3 is 5.73 Å². The molecule has 0 amide bonds. The molecular formula is C24H35N. The molecule has 4 aliphatic carbocycles. The quantitative estimate of drug-likeness (QED) is 0.633. The summed E-state index contributed by atoms with van der Waals surface area (Å²) in [5, 5.41) is 0. The maximum absolute atomic E-state index is 7.21. The number of hydrogen-bond acceptors (Lipinski definition) is 1. The molecule has 0 bridgehead atoms. The number of rotatable bonds is 2. The van der Waals surface area contributed by atoms with Crippen molar-refractivity contribution >= 4 is 0 Å². The summed E-state index contributed by atoms with van der Waals surface area (Å²) in [6.07, 6.45) is 14.4. The van der Waals surface area contributed by atoms with Gasteiger partial charge in [-0.3, -0.25) is 0 Å². The Morgan fingerprint density at radius 1 is 1.32 bits per heavy atom. The lowest BCUT2D eigenvalue weighted by molar-refractivity contribution is 0.00787. The second-order valence-electron chi connectivity index (χ2n) is 9.63. The number of fused-ring (bicyclic) bond motifs is 5. The summed E-state index contributed by atoms with van der Waals surface area (Å²) in [5.41, 5.74) is 11.6. The third kappa shape index (κ3) is 2.31. The van der Waals surface area contributed by atoms with Gasteiger partial charge in [-0.05, 0) is 67.8 Å². The second kappa shape index (κ2) is 5.71. The Morgan fingerprint density at radius 3 is 2.80 bits per heavy atom. The molecule has 7 atom stereocenters. The van der Waals surface area contributed by atoms with Crippen molar-refractivity contribution in [3.05, 3.63) is 48.1 Å². The summed E-state index contributed by atoms with van der Waals surface area (Å²) in [7, 11) is 0. The average Bonchev–Trinajstić information content (AvgIpc) is 2.85. The van der Waals surface area contributed by atoms with Crippen LogP contribution < -0.4 is 5.73 Å². The fourth-order valence-corrected chi connectivity index (χ4v) is 7.32. The van der Waals surface area contributed by atoms with Crippen LogP contribution >= 0.6 is 0 Å². The van der Waals surface area contributed by atoms with Gasteiger partial charge >= 0.3 is 0 Å². The molecule has 4 aliphatic rings. The van der Waals surface area contributed by atoms with E-state index in [4.69, 9.17) is 5.73 Å². The van der Waals surface area contributed by atoms with Crippen molar-refractivity contribution in [2.45, 2.75) is 64.8 Å². The molecule has 0 aromatic carbocycles. The Balaban J connectivity index is 1.68. The molecule has 0 saturated heterocycles. The van der Waals surface area contributed by atoms with Gasteiger partial charge in [0.1, 0.15) is 0 Å². The molecule has 3 saturated carbocycles. The molecule has 0 aliphatic heterocycles. The van der Waals surface area contributed by atoms with Crippen LogP contribution in [0.4, 0.5) is 0 Å². The predicted molar refractivity (Wildman–Crippen MR) is 107 cm³/mol. The van der Waals surface area contributed by atoms with Crippen molar-refractivity contribution in [1.29, 1.82) is 0 Å². The minimum atomic E-state index is -0.00671. The van der Waals surface area contributed by atoms with Crippen LogP contribution in [0.3, 0.4) is 0 Å². The Morgan fingerprint density at radius 2 is 2.08 bits per heavy atom. The Kier molecular flexibility index (Phi) is 3.96. The molecule has 0 spiro atoms. The molecule has 0 aromatic rings. The van der Waals surface area contributed by atoms with Crippen molar-refractivity contribution in [2.24, 2.45) is 40.7 Å². The van der Waals surface area contributed by atoms with Gasteiger partial charge in [0.25, 0.3) is 0 Å². The molecule has 1 heteroatoms. The highest BCUT2D eigenvalue weighted by molar-refractivity contribution is 5.43. The zero-order chi connectivity index (χ0) is 18.0. The Labute approximate surface area is 154 Å². The SMILES string of the molecule is C=C1C=CC2(C)C(=C1)CCC1C2CCC2(N)C1C[C@@H](C)C2C(=C)CC. The number of hydrogen-bond donors (Lipinski definition) is 1. The largest absolute Gasteiger partial charge is 0.324 e. The van der Waals surface area contributed by atoms with Crippen molar-refractivity contribution < 1.29 is 0 Å². The molecule has 0 aromatic heterocycles. The molecule has 0 radical (unpaired) electrons. The lowest BCUT2D eigenvalue weighted by Gasteiger charge is -2.57. The summed E-state index contributed by atoms with van der Waals surface area (Å²) in [6.45, 7) is 15.7. The topological polar surface area (TPSA) is 26.0 Å². The molecule has 136 valence electrons. The third-order valence-corrected chi connectivity index (χ3v) is 8.49. The van der Waals surface area contributed by atoms with Crippen LogP contribution in [-0.2, 0) is 0 Å². The highest BCUT2D eigenvalue weighted by atomic mass is 14.9. The normalized spacial score (nSPS) is 48.4. The fourth-order valence-electron chi connectivity index (χ4n) is 7.32. The second-order valence-corrected chi connectivity index (χ2v) is 9.63. The summed E-state index contributed by atoms with van der Waals surface area (Å²) in [4.78, 5) is 0. The smallest absolute Gasteiger partial charge is 0.0254 e. The van der Waals surface area contributed by atoms with Crippen molar-refractivity contribution in [3.63, 3.8) is 0 Å². The van der Waals surface area contributed by atoms with Crippen molar-refractivity contribution in [3.8, 4) is 0 Å². The van der Waals surface area contributed by atoms with Crippen LogP contribution in [0.1, 0.15) is 59.3 Å². The van der Waals surface area contributed by atoms with E-state index in [0.717, 1.165) is 18.3 Å². The van der Waals surface area contributed by atoms with Gasteiger partial charge in [0, 0.05) is 16.9 Å². The predicted octanol–water partition coefficient (Wildman–Crippen LogP) is 5.80. The lowest BCUT2D eigenvalue weighted by Crippen LogP contribution is -2.59. The van der Waals surface area contributed by atoms with Crippen LogP contribution in [0.5, 0.6) is 0 Å². The first kappa shape index (κ1) is 17.3. The van der Waals surface area contributed by atoms with Crippen LogP contribution in [0.25, 0.3) is 0 Å². The van der Waals surface area contributed by atoms with Crippen LogP contribution in [-0.4, -0.2) is 5.54 Å². The lowest BCUT2D eigenvalue weighted by atomic mass is 9.49. The first-order valence-corrected chi connectivity index (χ1v) is 10.4. The van der Waals surface area contributed by atoms with Gasteiger partial charge in [-0.25, -0.2) is 0 Å². The molecular weight excluding hydrogens is 302 g/mol. The maximum atomic E-state index is 7.21. The van der Waals surface area contributed by atoms with Crippen molar-refractivity contribution in [2.75, 3.05) is 0 Å². The summed E-state index contributed by atoms with van der Waals surface area (Å²) in [5.74, 6) is 3.40. The first-order chi connectivity index (χ1) is 11.8. The Bertz CT molecular complexity index is 668. The minimum absolute atomic E-state index is 0.00671. The number of nitrogens with two attached hydrogens (primary N) is 1. The van der Waals surface area contributed by atoms with E-state index in [1.165, 1.54) is 43.3 Å². The van der Waals surface area contributed by atoms with E-state index < -0.39 is 0 Å². The zero-order valence-electron chi connectivity index (χ0n) is 16.4. The van der Waals surface area contributed by atoms with Gasteiger partial charge in [0.2, 0.25) is 0 Å². The Hall–Kier alpha value is -1.08. The number of allylic oxidation sites excluding steroid dienone is 5. The monoisotopic (exact) mass is 337 g/mol. The standard InChI is InChI=1S/C24H35N/c1-6-16(3)22-17(4)14-21-19-8-7-18-13-15(2)9-11-23(18,5)20(19)10-12-24(21,22)25/h9,11,13,17,19-22H,2-3,6-8,10,12,14,25H2,1,4-5H3/t17-,19?,20?,21?,22?,23?,24?/m1/s1. The van der Waals surface area contributed by atoms with Crippen LogP contribution in [0, 0.1) is 35.0 Å². The average molecular weight is 338 g/mol. The van der Waals surface area contributed by atoms with Gasteiger partial charge in [0.05, 0.1) is 0 Å². The molecule has 1 nitrogen and oxygen atoms in total. The van der Waals surface area contributed by atoms with Crippen LogP contribution in [0.2, 0.25) is 0 Å². The van der Waals surface area contributed by atoms with E-state index in [0.29, 0.717) is 17.8 Å². The molecule has 25 heavy (non-hydrogen) atoms. The van der Waals surface area contributed by atoms with Gasteiger partial charge in [-0.1, -0.05) is 63.3 Å². The van der Waals surface area contributed by atoms with E-state index in [9.17, 15) is 0 Å². The van der Waals surface area contributed by atoms with E-state index in [-0.39, 0.29) is 11.0 Å². The zero-order valence-corrected chi connectivity index (χ0v) is 16.4. The fraction of sp³-hybridized carbons (Fsp3) is 0.667. The minimum Gasteiger partial charge on any atom is -0.324 e. The van der Waals surface area contributed by atoms with Gasteiger partial charge in [-0.2, -0.15) is 0 Å². The summed E-state index contributed by atoms with van der Waals surface area (Å²) in [6, 6.07) is 0. The van der Waals surface area contributed by atoms with Gasteiger partial charge in [-0.15, -0.1) is 0 Å². The molecule has 6 unspecified atom stereocenters. The van der Waals surface area contributed by atoms with Gasteiger partial charge in [0.15, 0.2) is 0 Å². The molecule has 4 rings (SSSR count). The molecule has 2 N–H and O–H groups in total. The van der Waals surface area contributed by atoms with E-state index in [2.05, 4.69) is 52.2 Å². The van der Waals surface area contributed by atoms with E-state index in [1.807, 2.05) is 0 Å². The first-order valence-electron chi connectivity index (χ1n) is 10.4. The molecule has 0 heterocycles. The summed E-state index contributed by atoms with van der Waals surface area (Å²) >= 11 is 0. The van der Waals surface area contributed by atoms with Crippen LogP contribution in [0.15, 0.2) is 48.1 Å². The van der Waals surface area contributed by atoms with E-state index in [1.54, 1.807) is 5.57 Å². The highest BCUT2D eigenvalue weighted by Gasteiger charge is 2.60. The maximum Gasteiger partial charge on any atom is 0.0254 e. The van der Waals surface area contributed by atoms with E-state index >= 15 is 0 Å². The highest BCUT2D eigenvalue weighted by Crippen LogP contribution is 2.64. The van der Waals surface area contributed by atoms with Crippen molar-refractivity contribution in [1.82, 2.24) is 0 Å². The molecule has 3 fully saturated rings. The third-order valence-electron chi connectivity index (χ3n) is 8.49.